The summed E-state index contributed by atoms with van der Waals surface area (Å²) in [5, 5.41) is 2.68. The first-order valence-electron chi connectivity index (χ1n) is 9.41. The lowest BCUT2D eigenvalue weighted by atomic mass is 10.0. The van der Waals surface area contributed by atoms with Crippen LogP contribution in [0.2, 0.25) is 0 Å². The predicted octanol–water partition coefficient (Wildman–Crippen LogP) is 2.96. The molecule has 0 aromatic heterocycles. The first-order chi connectivity index (χ1) is 13.8. The molecule has 152 valence electrons. The number of halogens is 1. The van der Waals surface area contributed by atoms with Crippen molar-refractivity contribution >= 4 is 23.5 Å². The lowest BCUT2D eigenvalue weighted by Gasteiger charge is -2.27. The topological polar surface area (TPSA) is 75.7 Å². The summed E-state index contributed by atoms with van der Waals surface area (Å²) in [4.78, 5) is 39.1. The van der Waals surface area contributed by atoms with Crippen LogP contribution in [0, 0.1) is 11.7 Å². The number of rotatable bonds is 5. The summed E-state index contributed by atoms with van der Waals surface area (Å²) in [6, 6.07) is 9.88. The van der Waals surface area contributed by atoms with E-state index in [2.05, 4.69) is 5.32 Å². The molecule has 7 heteroatoms. The van der Waals surface area contributed by atoms with Gasteiger partial charge in [-0.25, -0.2) is 9.18 Å². The molecule has 1 atom stereocenters. The van der Waals surface area contributed by atoms with Gasteiger partial charge in [0.25, 0.3) is 5.91 Å². The van der Waals surface area contributed by atoms with Gasteiger partial charge in [0.2, 0.25) is 5.91 Å². The fourth-order valence-corrected chi connectivity index (χ4v) is 3.42. The number of nitrogens with zero attached hydrogens (tertiary/aromatic N) is 1. The van der Waals surface area contributed by atoms with Crippen molar-refractivity contribution in [1.29, 1.82) is 0 Å². The van der Waals surface area contributed by atoms with Crippen molar-refractivity contribution < 1.29 is 23.5 Å². The molecule has 6 nitrogen and oxygen atoms in total. The number of hydrogen-bond acceptors (Lipinski definition) is 4. The van der Waals surface area contributed by atoms with Gasteiger partial charge in [0.05, 0.1) is 18.2 Å². The molecule has 2 aromatic rings. The van der Waals surface area contributed by atoms with Crippen molar-refractivity contribution in [1.82, 2.24) is 5.32 Å². The largest absolute Gasteiger partial charge is 0.465 e. The molecule has 0 unspecified atom stereocenters. The number of amides is 2. The Balaban J connectivity index is 1.82. The summed E-state index contributed by atoms with van der Waals surface area (Å²) in [5.74, 6) is -2.17. The second kappa shape index (κ2) is 8.43. The smallest absolute Gasteiger partial charge is 0.337 e. The molecule has 2 amide bonds. The van der Waals surface area contributed by atoms with Crippen LogP contribution in [0.5, 0.6) is 0 Å². The molecule has 1 N–H and O–H groups in total. The van der Waals surface area contributed by atoms with Crippen molar-refractivity contribution in [2.24, 2.45) is 5.92 Å². The third-order valence-corrected chi connectivity index (χ3v) is 5.00. The van der Waals surface area contributed by atoms with E-state index in [4.69, 9.17) is 4.74 Å². The molecule has 1 heterocycles. The lowest BCUT2D eigenvalue weighted by Crippen LogP contribution is -2.51. The van der Waals surface area contributed by atoms with Crippen LogP contribution in [0.3, 0.4) is 0 Å². The summed E-state index contributed by atoms with van der Waals surface area (Å²) in [6.07, 6.45) is 0.595. The van der Waals surface area contributed by atoms with Crippen molar-refractivity contribution in [3.63, 3.8) is 0 Å². The van der Waals surface area contributed by atoms with Crippen LogP contribution in [0.1, 0.15) is 40.1 Å². The van der Waals surface area contributed by atoms with E-state index >= 15 is 0 Å². The average molecular weight is 398 g/mol. The van der Waals surface area contributed by atoms with Gasteiger partial charge in [-0.3, -0.25) is 9.59 Å². The summed E-state index contributed by atoms with van der Waals surface area (Å²) in [7, 11) is 1.32. The minimum atomic E-state index is -0.812. The Kier molecular flexibility index (Phi) is 5.96. The van der Waals surface area contributed by atoms with E-state index in [0.29, 0.717) is 24.2 Å². The van der Waals surface area contributed by atoms with E-state index in [1.54, 1.807) is 29.2 Å². The van der Waals surface area contributed by atoms with E-state index in [-0.39, 0.29) is 17.4 Å². The number of nitrogens with one attached hydrogen (secondary N) is 1. The lowest BCUT2D eigenvalue weighted by molar-refractivity contribution is -0.121. The zero-order valence-corrected chi connectivity index (χ0v) is 16.6. The van der Waals surface area contributed by atoms with Crippen LogP contribution in [0.4, 0.5) is 10.1 Å². The molecule has 1 aliphatic rings. The highest BCUT2D eigenvalue weighted by molar-refractivity contribution is 6.04. The highest BCUT2D eigenvalue weighted by atomic mass is 19.1. The Morgan fingerprint density at radius 2 is 1.86 bits per heavy atom. The maximum atomic E-state index is 13.9. The fourth-order valence-electron chi connectivity index (χ4n) is 3.42. The standard InChI is InChI=1S/C22H23FN2O4/c1-13(2)19(24-20(26)16-6-4-5-7-17(16)23)21(27)25-11-10-14-12-15(22(28)29-3)8-9-18(14)25/h4-9,12-13,19H,10-11H2,1-3H3,(H,24,26)/t19-/m1/s1. The fraction of sp³-hybridized carbons (Fsp3) is 0.318. The van der Waals surface area contributed by atoms with Gasteiger partial charge >= 0.3 is 5.97 Å². The Labute approximate surface area is 168 Å². The molecular formula is C22H23FN2O4. The van der Waals surface area contributed by atoms with Gasteiger partial charge in [-0.1, -0.05) is 26.0 Å². The van der Waals surface area contributed by atoms with Gasteiger partial charge in [-0.2, -0.15) is 0 Å². The van der Waals surface area contributed by atoms with E-state index in [0.717, 1.165) is 5.56 Å². The molecule has 0 saturated heterocycles. The number of ether oxygens (including phenoxy) is 1. The molecule has 2 aromatic carbocycles. The number of hydrogen-bond donors (Lipinski definition) is 1. The van der Waals surface area contributed by atoms with Crippen LogP contribution in [-0.4, -0.2) is 37.5 Å². The van der Waals surface area contributed by atoms with Crippen LogP contribution >= 0.6 is 0 Å². The van der Waals surface area contributed by atoms with Crippen molar-refractivity contribution in [3.05, 3.63) is 65.0 Å². The third kappa shape index (κ3) is 4.13. The molecule has 0 spiro atoms. The second-order valence-electron chi connectivity index (χ2n) is 7.25. The molecule has 29 heavy (non-hydrogen) atoms. The number of fused-ring (bicyclic) bond motifs is 1. The van der Waals surface area contributed by atoms with Gasteiger partial charge in [-0.05, 0) is 48.2 Å². The van der Waals surface area contributed by atoms with Crippen LogP contribution in [-0.2, 0) is 16.0 Å². The molecule has 0 aliphatic carbocycles. The number of methoxy groups -OCH3 is 1. The Hall–Kier alpha value is -3.22. The molecule has 0 saturated carbocycles. The van der Waals surface area contributed by atoms with E-state index in [9.17, 15) is 18.8 Å². The minimum absolute atomic E-state index is 0.101. The van der Waals surface area contributed by atoms with Crippen LogP contribution in [0.25, 0.3) is 0 Å². The Bertz CT molecular complexity index is 958. The van der Waals surface area contributed by atoms with Gasteiger partial charge in [-0.15, -0.1) is 0 Å². The molecule has 0 radical (unpaired) electrons. The zero-order chi connectivity index (χ0) is 21.1. The zero-order valence-electron chi connectivity index (χ0n) is 16.6. The maximum absolute atomic E-state index is 13.9. The number of esters is 1. The van der Waals surface area contributed by atoms with Crippen molar-refractivity contribution in [2.75, 3.05) is 18.6 Å². The van der Waals surface area contributed by atoms with Gasteiger partial charge in [0.15, 0.2) is 0 Å². The summed E-state index contributed by atoms with van der Waals surface area (Å²) in [6.45, 7) is 4.08. The van der Waals surface area contributed by atoms with Crippen LogP contribution < -0.4 is 10.2 Å². The van der Waals surface area contributed by atoms with E-state index in [1.807, 2.05) is 13.8 Å². The normalized spacial score (nSPS) is 13.8. The predicted molar refractivity (Wildman–Crippen MR) is 106 cm³/mol. The van der Waals surface area contributed by atoms with Crippen molar-refractivity contribution in [2.45, 2.75) is 26.3 Å². The van der Waals surface area contributed by atoms with Gasteiger partial charge in [0.1, 0.15) is 11.9 Å². The summed E-state index contributed by atoms with van der Waals surface area (Å²) < 4.78 is 18.7. The molecule has 3 rings (SSSR count). The maximum Gasteiger partial charge on any atom is 0.337 e. The van der Waals surface area contributed by atoms with Gasteiger partial charge in [0, 0.05) is 12.2 Å². The Morgan fingerprint density at radius 3 is 2.52 bits per heavy atom. The highest BCUT2D eigenvalue weighted by Crippen LogP contribution is 2.30. The Morgan fingerprint density at radius 1 is 1.14 bits per heavy atom. The van der Waals surface area contributed by atoms with Crippen molar-refractivity contribution in [3.8, 4) is 0 Å². The SMILES string of the molecule is COC(=O)c1ccc2c(c1)CCN2C(=O)[C@H](NC(=O)c1ccccc1F)C(C)C. The molecule has 0 bridgehead atoms. The average Bonchev–Trinajstić information content (AvgIpc) is 3.14. The first-order valence-corrected chi connectivity index (χ1v) is 9.41. The van der Waals surface area contributed by atoms with Gasteiger partial charge < -0.3 is 15.0 Å². The monoisotopic (exact) mass is 398 g/mol. The number of carbonyl (C=O) groups is 3. The summed E-state index contributed by atoms with van der Waals surface area (Å²) in [5.41, 5.74) is 1.89. The van der Waals surface area contributed by atoms with Crippen LogP contribution in [0.15, 0.2) is 42.5 Å². The number of anilines is 1. The number of carbonyl (C=O) groups excluding carboxylic acids is 3. The minimum Gasteiger partial charge on any atom is -0.465 e. The second-order valence-corrected chi connectivity index (χ2v) is 7.25. The van der Waals surface area contributed by atoms with E-state index in [1.165, 1.54) is 25.3 Å². The summed E-state index contributed by atoms with van der Waals surface area (Å²) >= 11 is 0. The third-order valence-electron chi connectivity index (χ3n) is 5.00. The van der Waals surface area contributed by atoms with E-state index < -0.39 is 23.7 Å². The highest BCUT2D eigenvalue weighted by Gasteiger charge is 2.33. The number of benzene rings is 2. The quantitative estimate of drug-likeness (QED) is 0.786. The first kappa shape index (κ1) is 20.5. The molecule has 1 aliphatic heterocycles. The molecule has 0 fully saturated rings. The molecular weight excluding hydrogens is 375 g/mol.